The third kappa shape index (κ3) is 4.56. The number of fused-ring (bicyclic) bond motifs is 5. The van der Waals surface area contributed by atoms with Gasteiger partial charge in [0.2, 0.25) is 0 Å². The van der Waals surface area contributed by atoms with E-state index in [1.165, 1.54) is 0 Å². The Morgan fingerprint density at radius 2 is 0.891 bits per heavy atom. The Balaban J connectivity index is 1.07. The molecule has 214 valence electrons. The lowest BCUT2D eigenvalue weighted by Crippen LogP contribution is -1.90. The van der Waals surface area contributed by atoms with E-state index in [2.05, 4.69) is 125 Å². The number of pyridine rings is 4. The van der Waals surface area contributed by atoms with Gasteiger partial charge in [0.05, 0.1) is 33.5 Å². The number of aromatic nitrogens is 4. The number of benzene rings is 5. The maximum absolute atomic E-state index is 5.11. The number of rotatable bonds is 4. The molecule has 0 fully saturated rings. The van der Waals surface area contributed by atoms with Crippen LogP contribution in [0, 0.1) is 0 Å². The van der Waals surface area contributed by atoms with E-state index >= 15 is 0 Å². The first-order chi connectivity index (χ1) is 22.8. The van der Waals surface area contributed by atoms with Gasteiger partial charge >= 0.3 is 0 Å². The van der Waals surface area contributed by atoms with Crippen LogP contribution in [0.3, 0.4) is 0 Å². The van der Waals surface area contributed by atoms with E-state index in [-0.39, 0.29) is 0 Å². The molecule has 0 aliphatic rings. The van der Waals surface area contributed by atoms with Gasteiger partial charge in [-0.15, -0.1) is 0 Å². The number of hydrogen-bond acceptors (Lipinski definition) is 4. The van der Waals surface area contributed by atoms with Gasteiger partial charge in [0.1, 0.15) is 0 Å². The molecule has 0 aliphatic heterocycles. The van der Waals surface area contributed by atoms with Crippen molar-refractivity contribution in [1.82, 2.24) is 19.9 Å². The summed E-state index contributed by atoms with van der Waals surface area (Å²) in [5.41, 5.74) is 12.4. The highest BCUT2D eigenvalue weighted by molar-refractivity contribution is 6.10. The van der Waals surface area contributed by atoms with Crippen molar-refractivity contribution in [2.24, 2.45) is 0 Å². The van der Waals surface area contributed by atoms with Crippen LogP contribution >= 0.6 is 0 Å². The lowest BCUT2D eigenvalue weighted by molar-refractivity contribution is 1.37. The Morgan fingerprint density at radius 3 is 1.57 bits per heavy atom. The van der Waals surface area contributed by atoms with Gasteiger partial charge in [-0.05, 0) is 64.7 Å². The summed E-state index contributed by atoms with van der Waals surface area (Å²) in [5.74, 6) is 0. The van der Waals surface area contributed by atoms with Crippen LogP contribution in [0.25, 0.3) is 88.4 Å². The van der Waals surface area contributed by atoms with E-state index in [4.69, 9.17) is 9.97 Å². The van der Waals surface area contributed by atoms with E-state index in [1.54, 1.807) is 0 Å². The summed E-state index contributed by atoms with van der Waals surface area (Å²) in [6.45, 7) is 0. The second-order valence-corrected chi connectivity index (χ2v) is 11.6. The van der Waals surface area contributed by atoms with Crippen molar-refractivity contribution in [2.45, 2.75) is 0 Å². The Hall–Kier alpha value is -6.26. The molecule has 9 aromatic rings. The van der Waals surface area contributed by atoms with Crippen molar-refractivity contribution >= 4 is 43.6 Å². The normalized spacial score (nSPS) is 11.5. The molecule has 0 unspecified atom stereocenters. The largest absolute Gasteiger partial charge is 0.254 e. The summed E-state index contributed by atoms with van der Waals surface area (Å²) in [6.07, 6.45) is 3.66. The fourth-order valence-electron chi connectivity index (χ4n) is 6.36. The molecule has 0 amide bonds. The van der Waals surface area contributed by atoms with Crippen LogP contribution in [-0.4, -0.2) is 19.9 Å². The number of nitrogens with zero attached hydrogens (tertiary/aromatic N) is 4. The number of hydrogen-bond donors (Lipinski definition) is 0. The van der Waals surface area contributed by atoms with Gasteiger partial charge < -0.3 is 0 Å². The minimum atomic E-state index is 0.922. The quantitative estimate of drug-likeness (QED) is 0.193. The molecule has 4 heterocycles. The SMILES string of the molecule is c1ccc(-c2ccc3ccc(-c4ccc5ccc(-c6ccc(-c7cc8cccnc8c8ncccc78)cc6)nc5c4)cc3n2)cc1. The minimum absolute atomic E-state index is 0.922. The van der Waals surface area contributed by atoms with Crippen molar-refractivity contribution in [3.63, 3.8) is 0 Å². The molecule has 0 saturated heterocycles. The average Bonchev–Trinajstić information content (AvgIpc) is 3.14. The fourth-order valence-corrected chi connectivity index (χ4v) is 6.36. The Kier molecular flexibility index (Phi) is 6.10. The van der Waals surface area contributed by atoms with Crippen LogP contribution in [-0.2, 0) is 0 Å². The van der Waals surface area contributed by atoms with Gasteiger partial charge in [-0.1, -0.05) is 103 Å². The summed E-state index contributed by atoms with van der Waals surface area (Å²) in [7, 11) is 0. The van der Waals surface area contributed by atoms with E-state index in [0.717, 1.165) is 88.4 Å². The molecule has 9 rings (SSSR count). The van der Waals surface area contributed by atoms with Crippen LogP contribution < -0.4 is 0 Å². The van der Waals surface area contributed by atoms with E-state index < -0.39 is 0 Å². The Morgan fingerprint density at radius 1 is 0.348 bits per heavy atom. The predicted octanol–water partition coefficient (Wildman–Crippen LogP) is 10.5. The lowest BCUT2D eigenvalue weighted by atomic mass is 9.96. The third-order valence-corrected chi connectivity index (χ3v) is 8.74. The van der Waals surface area contributed by atoms with Gasteiger partial charge in [-0.2, -0.15) is 0 Å². The van der Waals surface area contributed by atoms with E-state index in [1.807, 2.05) is 42.7 Å². The molecule has 0 aliphatic carbocycles. The Bertz CT molecular complexity index is 2570. The zero-order chi connectivity index (χ0) is 30.5. The molecule has 0 atom stereocenters. The molecular weight excluding hydrogens is 560 g/mol. The van der Waals surface area contributed by atoms with Crippen LogP contribution in [0.2, 0.25) is 0 Å². The first-order valence-corrected chi connectivity index (χ1v) is 15.4. The van der Waals surface area contributed by atoms with Crippen LogP contribution in [0.15, 0.2) is 158 Å². The van der Waals surface area contributed by atoms with Gasteiger partial charge in [-0.25, -0.2) is 9.97 Å². The molecule has 4 nitrogen and oxygen atoms in total. The molecule has 46 heavy (non-hydrogen) atoms. The zero-order valence-corrected chi connectivity index (χ0v) is 24.8. The van der Waals surface area contributed by atoms with Crippen LogP contribution in [0.4, 0.5) is 0 Å². The molecule has 5 aromatic carbocycles. The zero-order valence-electron chi connectivity index (χ0n) is 24.8. The molecule has 4 heteroatoms. The highest BCUT2D eigenvalue weighted by atomic mass is 14.7. The first-order valence-electron chi connectivity index (χ1n) is 15.4. The van der Waals surface area contributed by atoms with Crippen molar-refractivity contribution < 1.29 is 0 Å². The van der Waals surface area contributed by atoms with E-state index in [9.17, 15) is 0 Å². The second-order valence-electron chi connectivity index (χ2n) is 11.6. The maximum Gasteiger partial charge on any atom is 0.0970 e. The fraction of sp³-hybridized carbons (Fsp3) is 0. The molecule has 0 spiro atoms. The predicted molar refractivity (Wildman–Crippen MR) is 189 cm³/mol. The summed E-state index contributed by atoms with van der Waals surface area (Å²) < 4.78 is 0. The third-order valence-electron chi connectivity index (χ3n) is 8.74. The lowest BCUT2D eigenvalue weighted by Gasteiger charge is -2.11. The van der Waals surface area contributed by atoms with Gasteiger partial charge in [0.15, 0.2) is 0 Å². The molecule has 4 aromatic heterocycles. The average molecular weight is 587 g/mol. The topological polar surface area (TPSA) is 51.6 Å². The molecule has 0 bridgehead atoms. The first kappa shape index (κ1) is 26.2. The summed E-state index contributed by atoms with van der Waals surface area (Å²) in [4.78, 5) is 19.4. The molecular formula is C42H26N4. The molecule has 0 N–H and O–H groups in total. The monoisotopic (exact) mass is 586 g/mol. The standard InChI is InChI=1S/C42H26N4/c1-2-6-28(7-3-1)37-20-18-30-14-16-32(25-39(30)45-37)33-17-15-31-19-21-38(46-40(31)26-33)29-12-10-27(11-13-29)36-24-34-8-4-22-43-41(34)42-35(36)9-5-23-44-42/h1-26H. The second kappa shape index (κ2) is 10.7. The van der Waals surface area contributed by atoms with Crippen LogP contribution in [0.1, 0.15) is 0 Å². The van der Waals surface area contributed by atoms with E-state index in [0.29, 0.717) is 0 Å². The highest BCUT2D eigenvalue weighted by Gasteiger charge is 2.11. The summed E-state index contributed by atoms with van der Waals surface area (Å²) in [6, 6.07) is 50.8. The summed E-state index contributed by atoms with van der Waals surface area (Å²) in [5, 5.41) is 4.41. The summed E-state index contributed by atoms with van der Waals surface area (Å²) >= 11 is 0. The Labute approximate surface area is 265 Å². The van der Waals surface area contributed by atoms with Crippen molar-refractivity contribution in [2.75, 3.05) is 0 Å². The van der Waals surface area contributed by atoms with Crippen molar-refractivity contribution in [3.05, 3.63) is 158 Å². The van der Waals surface area contributed by atoms with Gasteiger partial charge in [-0.3, -0.25) is 9.97 Å². The van der Waals surface area contributed by atoms with Gasteiger partial charge in [0.25, 0.3) is 0 Å². The smallest absolute Gasteiger partial charge is 0.0970 e. The van der Waals surface area contributed by atoms with Crippen molar-refractivity contribution in [3.8, 4) is 44.8 Å². The molecule has 0 saturated carbocycles. The van der Waals surface area contributed by atoms with Crippen molar-refractivity contribution in [1.29, 1.82) is 0 Å². The van der Waals surface area contributed by atoms with Crippen LogP contribution in [0.5, 0.6) is 0 Å². The molecule has 0 radical (unpaired) electrons. The highest BCUT2D eigenvalue weighted by Crippen LogP contribution is 2.34. The minimum Gasteiger partial charge on any atom is -0.254 e. The van der Waals surface area contributed by atoms with Gasteiger partial charge in [0, 0.05) is 45.1 Å². The maximum atomic E-state index is 5.11.